The first-order valence-electron chi connectivity index (χ1n) is 10.2. The van der Waals surface area contributed by atoms with Crippen molar-refractivity contribution in [2.75, 3.05) is 13.1 Å². The molecule has 6 heteroatoms. The van der Waals surface area contributed by atoms with Crippen LogP contribution in [0.3, 0.4) is 0 Å². The van der Waals surface area contributed by atoms with Crippen molar-refractivity contribution in [1.29, 1.82) is 0 Å². The van der Waals surface area contributed by atoms with Gasteiger partial charge < -0.3 is 5.32 Å². The van der Waals surface area contributed by atoms with Gasteiger partial charge in [0.25, 0.3) is 5.91 Å². The number of nitrogens with zero attached hydrogens (tertiary/aromatic N) is 4. The normalized spacial score (nSPS) is 11.8. The lowest BCUT2D eigenvalue weighted by atomic mass is 10.0. The zero-order valence-corrected chi connectivity index (χ0v) is 18.2. The third-order valence-corrected chi connectivity index (χ3v) is 5.27. The van der Waals surface area contributed by atoms with Gasteiger partial charge in [-0.25, -0.2) is 4.98 Å². The van der Waals surface area contributed by atoms with E-state index in [1.807, 2.05) is 50.4 Å². The number of aryl methyl sites for hydroxylation is 2. The summed E-state index contributed by atoms with van der Waals surface area (Å²) in [6, 6.07) is 12.7. The van der Waals surface area contributed by atoms with Gasteiger partial charge in [0.15, 0.2) is 5.65 Å². The average Bonchev–Trinajstić information content (AvgIpc) is 2.98. The van der Waals surface area contributed by atoms with Gasteiger partial charge in [-0.2, -0.15) is 5.10 Å². The molecule has 0 fully saturated rings. The summed E-state index contributed by atoms with van der Waals surface area (Å²) in [7, 11) is 1.86. The molecule has 0 radical (unpaired) electrons. The molecule has 29 heavy (non-hydrogen) atoms. The lowest BCUT2D eigenvalue weighted by Crippen LogP contribution is -2.42. The van der Waals surface area contributed by atoms with Gasteiger partial charge in [0.05, 0.1) is 22.3 Å². The van der Waals surface area contributed by atoms with Gasteiger partial charge in [0, 0.05) is 37.8 Å². The Morgan fingerprint density at radius 2 is 1.79 bits per heavy atom. The number of nitrogens with one attached hydrogen (secondary N) is 1. The highest BCUT2D eigenvalue weighted by Crippen LogP contribution is 2.26. The van der Waals surface area contributed by atoms with Gasteiger partial charge in [-0.3, -0.25) is 14.4 Å². The second kappa shape index (κ2) is 8.74. The third kappa shape index (κ3) is 4.48. The van der Waals surface area contributed by atoms with E-state index >= 15 is 0 Å². The van der Waals surface area contributed by atoms with Gasteiger partial charge in [-0.05, 0) is 40.7 Å². The number of hydrogen-bond acceptors (Lipinski definition) is 4. The van der Waals surface area contributed by atoms with Crippen LogP contribution in [0.15, 0.2) is 36.4 Å². The third-order valence-electron chi connectivity index (χ3n) is 5.27. The molecule has 1 aromatic carbocycles. The van der Waals surface area contributed by atoms with Crippen LogP contribution >= 0.6 is 0 Å². The van der Waals surface area contributed by atoms with E-state index in [-0.39, 0.29) is 5.91 Å². The van der Waals surface area contributed by atoms with Crippen LogP contribution < -0.4 is 5.32 Å². The van der Waals surface area contributed by atoms with Crippen molar-refractivity contribution in [3.8, 4) is 11.3 Å². The highest BCUT2D eigenvalue weighted by molar-refractivity contribution is 6.07. The molecule has 2 heterocycles. The Kier molecular flexibility index (Phi) is 6.33. The van der Waals surface area contributed by atoms with Crippen molar-refractivity contribution in [3.63, 3.8) is 0 Å². The minimum atomic E-state index is -0.0851. The molecule has 0 saturated carbocycles. The zero-order chi connectivity index (χ0) is 21.1. The van der Waals surface area contributed by atoms with E-state index in [4.69, 9.17) is 4.98 Å². The van der Waals surface area contributed by atoms with Gasteiger partial charge in [-0.15, -0.1) is 0 Å². The molecule has 3 aromatic rings. The Bertz CT molecular complexity index is 983. The number of benzene rings is 1. The fraction of sp³-hybridized carbons (Fsp3) is 0.435. The number of hydrogen-bond donors (Lipinski definition) is 1. The van der Waals surface area contributed by atoms with Crippen LogP contribution in [0.25, 0.3) is 22.3 Å². The van der Waals surface area contributed by atoms with Crippen molar-refractivity contribution in [1.82, 2.24) is 25.0 Å². The number of amides is 1. The van der Waals surface area contributed by atoms with Crippen LogP contribution in [0.2, 0.25) is 0 Å². The Hall–Kier alpha value is -2.73. The molecule has 3 rings (SSSR count). The van der Waals surface area contributed by atoms with Crippen LogP contribution in [0.5, 0.6) is 0 Å². The average molecular weight is 394 g/mol. The first-order chi connectivity index (χ1) is 13.8. The second-order valence-electron chi connectivity index (χ2n) is 8.01. The number of carbonyl (C=O) groups is 1. The lowest BCUT2D eigenvalue weighted by Gasteiger charge is -2.30. The van der Waals surface area contributed by atoms with Crippen molar-refractivity contribution >= 4 is 16.9 Å². The lowest BCUT2D eigenvalue weighted by molar-refractivity contribution is 0.0941. The summed E-state index contributed by atoms with van der Waals surface area (Å²) < 4.78 is 1.74. The van der Waals surface area contributed by atoms with E-state index < -0.39 is 0 Å². The van der Waals surface area contributed by atoms with Crippen molar-refractivity contribution in [3.05, 3.63) is 47.7 Å². The predicted molar refractivity (Wildman–Crippen MR) is 118 cm³/mol. The van der Waals surface area contributed by atoms with Crippen LogP contribution in [-0.2, 0) is 7.05 Å². The Morgan fingerprint density at radius 3 is 2.41 bits per heavy atom. The summed E-state index contributed by atoms with van der Waals surface area (Å²) in [5.74, 6) is -0.0851. The maximum Gasteiger partial charge on any atom is 0.252 e. The molecule has 0 aliphatic rings. The summed E-state index contributed by atoms with van der Waals surface area (Å²) in [6.07, 6.45) is 0. The monoisotopic (exact) mass is 393 g/mol. The molecule has 1 N–H and O–H groups in total. The van der Waals surface area contributed by atoms with Crippen molar-refractivity contribution in [2.45, 2.75) is 46.7 Å². The topological polar surface area (TPSA) is 63.1 Å². The molecule has 0 aliphatic carbocycles. The summed E-state index contributed by atoms with van der Waals surface area (Å²) in [5.41, 5.74) is 3.91. The molecule has 0 spiro atoms. The SMILES string of the molecule is Cc1nn(C)c2nc(-c3ccccc3)cc(C(=O)NCCN(C(C)C)C(C)C)c12. The molecule has 6 nitrogen and oxygen atoms in total. The van der Waals surface area contributed by atoms with E-state index in [0.29, 0.717) is 24.2 Å². The fourth-order valence-corrected chi connectivity index (χ4v) is 3.89. The minimum absolute atomic E-state index is 0.0851. The van der Waals surface area contributed by atoms with Crippen molar-refractivity contribution in [2.24, 2.45) is 7.05 Å². The molecule has 0 unspecified atom stereocenters. The number of fused-ring (bicyclic) bond motifs is 1. The standard InChI is InChI=1S/C23H31N5O/c1-15(2)28(16(3)4)13-12-24-23(29)19-14-20(18-10-8-7-9-11-18)25-22-21(19)17(5)26-27(22)6/h7-11,14-16H,12-13H2,1-6H3,(H,24,29). The highest BCUT2D eigenvalue weighted by Gasteiger charge is 2.20. The van der Waals surface area contributed by atoms with E-state index in [2.05, 4.69) is 43.0 Å². The van der Waals surface area contributed by atoms with Gasteiger partial charge in [0.1, 0.15) is 0 Å². The number of rotatable bonds is 7. The number of pyridine rings is 1. The first kappa shape index (κ1) is 21.0. The van der Waals surface area contributed by atoms with Crippen LogP contribution in [0.4, 0.5) is 0 Å². The van der Waals surface area contributed by atoms with Crippen molar-refractivity contribution < 1.29 is 4.79 Å². The summed E-state index contributed by atoms with van der Waals surface area (Å²) in [5, 5.41) is 8.40. The first-order valence-corrected chi connectivity index (χ1v) is 10.2. The van der Waals surface area contributed by atoms with E-state index in [0.717, 1.165) is 34.5 Å². The van der Waals surface area contributed by atoms with E-state index in [1.165, 1.54) is 0 Å². The van der Waals surface area contributed by atoms with E-state index in [1.54, 1.807) is 4.68 Å². The predicted octanol–water partition coefficient (Wildman–Crippen LogP) is 3.79. The molecule has 0 bridgehead atoms. The van der Waals surface area contributed by atoms with Gasteiger partial charge in [0.2, 0.25) is 0 Å². The maximum absolute atomic E-state index is 13.1. The Balaban J connectivity index is 1.92. The number of carbonyl (C=O) groups excluding carboxylic acids is 1. The fourth-order valence-electron chi connectivity index (χ4n) is 3.89. The minimum Gasteiger partial charge on any atom is -0.351 e. The highest BCUT2D eigenvalue weighted by atomic mass is 16.1. The van der Waals surface area contributed by atoms with Crippen LogP contribution in [0, 0.1) is 6.92 Å². The molecule has 0 atom stereocenters. The summed E-state index contributed by atoms with van der Waals surface area (Å²) in [4.78, 5) is 20.3. The van der Waals surface area contributed by atoms with E-state index in [9.17, 15) is 4.79 Å². The smallest absolute Gasteiger partial charge is 0.252 e. The summed E-state index contributed by atoms with van der Waals surface area (Å²) in [6.45, 7) is 12.0. The maximum atomic E-state index is 13.1. The van der Waals surface area contributed by atoms with Gasteiger partial charge >= 0.3 is 0 Å². The number of aromatic nitrogens is 3. The largest absolute Gasteiger partial charge is 0.351 e. The zero-order valence-electron chi connectivity index (χ0n) is 18.2. The molecule has 0 aliphatic heterocycles. The Morgan fingerprint density at radius 1 is 1.14 bits per heavy atom. The van der Waals surface area contributed by atoms with Crippen LogP contribution in [-0.4, -0.2) is 50.7 Å². The molecule has 2 aromatic heterocycles. The quantitative estimate of drug-likeness (QED) is 0.663. The van der Waals surface area contributed by atoms with Crippen LogP contribution in [0.1, 0.15) is 43.7 Å². The molecular formula is C23H31N5O. The molecule has 0 saturated heterocycles. The Labute approximate surface area is 172 Å². The summed E-state index contributed by atoms with van der Waals surface area (Å²) >= 11 is 0. The van der Waals surface area contributed by atoms with Gasteiger partial charge in [-0.1, -0.05) is 30.3 Å². The second-order valence-corrected chi connectivity index (χ2v) is 8.01. The molecule has 1 amide bonds. The molecule has 154 valence electrons. The molecular weight excluding hydrogens is 362 g/mol.